The fourth-order valence-corrected chi connectivity index (χ4v) is 3.64. The van der Waals surface area contributed by atoms with Gasteiger partial charge in [-0.05, 0) is 35.6 Å². The third-order valence-corrected chi connectivity index (χ3v) is 5.84. The van der Waals surface area contributed by atoms with Crippen molar-refractivity contribution in [1.29, 1.82) is 0 Å². The fraction of sp³-hybridized carbons (Fsp3) is 0.348. The van der Waals surface area contributed by atoms with Gasteiger partial charge in [0.2, 0.25) is 11.1 Å². The van der Waals surface area contributed by atoms with Crippen molar-refractivity contribution in [2.45, 2.75) is 56.7 Å². The highest BCUT2D eigenvalue weighted by molar-refractivity contribution is 8.00. The molecule has 8 heteroatoms. The normalized spacial score (nSPS) is 12.4. The molecule has 0 fully saturated rings. The Morgan fingerprint density at radius 1 is 1.13 bits per heavy atom. The average molecular weight is 440 g/mol. The van der Waals surface area contributed by atoms with Gasteiger partial charge in [-0.2, -0.15) is 0 Å². The van der Waals surface area contributed by atoms with Crippen molar-refractivity contribution in [3.63, 3.8) is 0 Å². The Labute approximate surface area is 187 Å². The molecule has 31 heavy (non-hydrogen) atoms. The highest BCUT2D eigenvalue weighted by atomic mass is 32.2. The van der Waals surface area contributed by atoms with E-state index in [2.05, 4.69) is 48.4 Å². The summed E-state index contributed by atoms with van der Waals surface area (Å²) in [6, 6.07) is 17.8. The van der Waals surface area contributed by atoms with E-state index in [-0.39, 0.29) is 23.2 Å². The molecule has 2 aromatic carbocycles. The minimum absolute atomic E-state index is 0.0893. The molecule has 7 nitrogen and oxygen atoms in total. The molecule has 1 atom stereocenters. The zero-order valence-electron chi connectivity index (χ0n) is 18.3. The number of nitrogens with two attached hydrogens (primary N) is 1. The Balaban J connectivity index is 1.52. The zero-order chi connectivity index (χ0) is 22.4. The molecule has 1 amide bonds. The number of hydrogen-bond acceptors (Lipinski definition) is 6. The van der Waals surface area contributed by atoms with Crippen LogP contribution in [0.3, 0.4) is 0 Å². The number of carbonyl (C=O) groups is 1. The maximum atomic E-state index is 12.4. The highest BCUT2D eigenvalue weighted by Gasteiger charge is 2.19. The second-order valence-electron chi connectivity index (χ2n) is 8.30. The van der Waals surface area contributed by atoms with Gasteiger partial charge in [-0.15, -0.1) is 10.2 Å². The molecule has 164 valence electrons. The van der Waals surface area contributed by atoms with Crippen LogP contribution in [0.1, 0.15) is 44.6 Å². The number of hydrogen-bond donors (Lipinski definition) is 2. The van der Waals surface area contributed by atoms with Crippen molar-refractivity contribution in [2.24, 2.45) is 0 Å². The van der Waals surface area contributed by atoms with E-state index in [0.29, 0.717) is 17.5 Å². The van der Waals surface area contributed by atoms with Gasteiger partial charge in [0.05, 0.1) is 5.25 Å². The molecule has 0 aliphatic heterocycles. The van der Waals surface area contributed by atoms with E-state index in [1.54, 1.807) is 0 Å². The summed E-state index contributed by atoms with van der Waals surface area (Å²) in [6.07, 6.45) is 0. The number of benzene rings is 2. The largest absolute Gasteiger partial charge is 0.486 e. The summed E-state index contributed by atoms with van der Waals surface area (Å²) in [5.41, 5.74) is 2.37. The lowest BCUT2D eigenvalue weighted by Crippen LogP contribution is -2.31. The molecule has 0 aliphatic rings. The number of aromatic nitrogens is 3. The quantitative estimate of drug-likeness (QED) is 0.411. The molecule has 3 aromatic rings. The Morgan fingerprint density at radius 3 is 2.45 bits per heavy atom. The van der Waals surface area contributed by atoms with Gasteiger partial charge in [-0.1, -0.05) is 75.0 Å². The van der Waals surface area contributed by atoms with Gasteiger partial charge in [-0.25, -0.2) is 4.68 Å². The van der Waals surface area contributed by atoms with E-state index >= 15 is 0 Å². The molecule has 1 heterocycles. The van der Waals surface area contributed by atoms with Crippen molar-refractivity contribution in [3.05, 3.63) is 71.5 Å². The van der Waals surface area contributed by atoms with Crippen LogP contribution in [0.5, 0.6) is 5.75 Å². The molecule has 0 aliphatic carbocycles. The summed E-state index contributed by atoms with van der Waals surface area (Å²) in [5.74, 6) is 7.25. The smallest absolute Gasteiger partial charge is 0.233 e. The van der Waals surface area contributed by atoms with Crippen molar-refractivity contribution >= 4 is 17.7 Å². The van der Waals surface area contributed by atoms with E-state index in [1.165, 1.54) is 22.0 Å². The number of nitrogens with one attached hydrogen (secondary N) is 1. The van der Waals surface area contributed by atoms with Gasteiger partial charge in [0.15, 0.2) is 5.82 Å². The first-order chi connectivity index (χ1) is 14.7. The van der Waals surface area contributed by atoms with Crippen LogP contribution in [0.4, 0.5) is 0 Å². The molecular formula is C23H29N5O2S. The summed E-state index contributed by atoms with van der Waals surface area (Å²) in [4.78, 5) is 12.4. The van der Waals surface area contributed by atoms with Crippen molar-refractivity contribution < 1.29 is 9.53 Å². The van der Waals surface area contributed by atoms with Crippen LogP contribution < -0.4 is 15.9 Å². The summed E-state index contributed by atoms with van der Waals surface area (Å²) in [6.45, 7) is 8.98. The summed E-state index contributed by atoms with van der Waals surface area (Å²) in [7, 11) is 0. The highest BCUT2D eigenvalue weighted by Crippen LogP contribution is 2.25. The predicted octanol–water partition coefficient (Wildman–Crippen LogP) is 3.67. The van der Waals surface area contributed by atoms with Crippen LogP contribution in [0, 0.1) is 0 Å². The van der Waals surface area contributed by atoms with E-state index in [4.69, 9.17) is 10.6 Å². The van der Waals surface area contributed by atoms with Crippen LogP contribution in [-0.2, 0) is 23.4 Å². The first kappa shape index (κ1) is 22.7. The number of rotatable bonds is 8. The van der Waals surface area contributed by atoms with Crippen LogP contribution in [0.2, 0.25) is 0 Å². The van der Waals surface area contributed by atoms with Crippen molar-refractivity contribution in [1.82, 2.24) is 20.2 Å². The van der Waals surface area contributed by atoms with Gasteiger partial charge in [-0.3, -0.25) is 4.79 Å². The van der Waals surface area contributed by atoms with Gasteiger partial charge >= 0.3 is 0 Å². The Morgan fingerprint density at radius 2 is 1.81 bits per heavy atom. The Bertz CT molecular complexity index is 997. The molecule has 1 aromatic heterocycles. The molecule has 1 unspecified atom stereocenters. The monoisotopic (exact) mass is 439 g/mol. The molecular weight excluding hydrogens is 410 g/mol. The zero-order valence-corrected chi connectivity index (χ0v) is 19.1. The standard InChI is InChI=1S/C23H29N5O2S/c1-16(21(29)25-14-17-8-6-5-7-9-17)31-22-27-26-20(28(22)24)15-30-19-12-10-18(11-13-19)23(2,3)4/h5-13,16H,14-15,24H2,1-4H3,(H,25,29). The number of carbonyl (C=O) groups excluding carboxylic acids is 1. The number of amides is 1. The number of thioether (sulfide) groups is 1. The first-order valence-electron chi connectivity index (χ1n) is 10.1. The molecule has 3 N–H and O–H groups in total. The molecule has 3 rings (SSSR count). The number of nitrogens with zero attached hydrogens (tertiary/aromatic N) is 3. The summed E-state index contributed by atoms with van der Waals surface area (Å²) < 4.78 is 7.17. The van der Waals surface area contributed by atoms with Crippen LogP contribution in [-0.4, -0.2) is 26.0 Å². The van der Waals surface area contributed by atoms with Crippen molar-refractivity contribution in [2.75, 3.05) is 5.84 Å². The lowest BCUT2D eigenvalue weighted by atomic mass is 9.87. The van der Waals surface area contributed by atoms with Gasteiger partial charge in [0.1, 0.15) is 12.4 Å². The second kappa shape index (κ2) is 9.87. The van der Waals surface area contributed by atoms with Crippen LogP contribution >= 0.6 is 11.8 Å². The van der Waals surface area contributed by atoms with Gasteiger partial charge < -0.3 is 15.9 Å². The van der Waals surface area contributed by atoms with Gasteiger partial charge in [0, 0.05) is 6.54 Å². The number of ether oxygens (including phenoxy) is 1. The molecule has 0 bridgehead atoms. The molecule has 0 radical (unpaired) electrons. The molecule has 0 saturated carbocycles. The lowest BCUT2D eigenvalue weighted by Gasteiger charge is -2.19. The van der Waals surface area contributed by atoms with Gasteiger partial charge in [0.25, 0.3) is 0 Å². The number of nitrogen functional groups attached to an aromatic ring is 1. The van der Waals surface area contributed by atoms with Crippen molar-refractivity contribution in [3.8, 4) is 5.75 Å². The van der Waals surface area contributed by atoms with E-state index in [9.17, 15) is 4.79 Å². The van der Waals surface area contributed by atoms with Crippen LogP contribution in [0.25, 0.3) is 0 Å². The van der Waals surface area contributed by atoms with E-state index < -0.39 is 0 Å². The Hall–Kier alpha value is -3.00. The van der Waals surface area contributed by atoms with Crippen LogP contribution in [0.15, 0.2) is 59.8 Å². The summed E-state index contributed by atoms with van der Waals surface area (Å²) in [5, 5.41) is 11.2. The maximum absolute atomic E-state index is 12.4. The lowest BCUT2D eigenvalue weighted by molar-refractivity contribution is -0.120. The molecule has 0 spiro atoms. The second-order valence-corrected chi connectivity index (χ2v) is 9.60. The first-order valence-corrected chi connectivity index (χ1v) is 11.0. The SMILES string of the molecule is CC(Sc1nnc(COc2ccc(C(C)(C)C)cc2)n1N)C(=O)NCc1ccccc1. The topological polar surface area (TPSA) is 95.1 Å². The predicted molar refractivity (Wildman–Crippen MR) is 123 cm³/mol. The average Bonchev–Trinajstić information content (AvgIpc) is 3.10. The third kappa shape index (κ3) is 6.24. The molecule has 0 saturated heterocycles. The Kier molecular flexibility index (Phi) is 7.22. The minimum atomic E-state index is -0.367. The third-order valence-electron chi connectivity index (χ3n) is 4.78. The minimum Gasteiger partial charge on any atom is -0.486 e. The fourth-order valence-electron chi connectivity index (χ4n) is 2.83. The van der Waals surface area contributed by atoms with E-state index in [0.717, 1.165) is 11.3 Å². The van der Waals surface area contributed by atoms with E-state index in [1.807, 2.05) is 49.4 Å². The maximum Gasteiger partial charge on any atom is 0.233 e. The summed E-state index contributed by atoms with van der Waals surface area (Å²) >= 11 is 1.26.